The van der Waals surface area contributed by atoms with Gasteiger partial charge >= 0.3 is 0 Å². The molecule has 0 aliphatic carbocycles. The summed E-state index contributed by atoms with van der Waals surface area (Å²) in [6.07, 6.45) is 7.92. The van der Waals surface area contributed by atoms with Crippen molar-refractivity contribution in [2.24, 2.45) is 0 Å². The van der Waals surface area contributed by atoms with E-state index in [2.05, 4.69) is 62.2 Å². The van der Waals surface area contributed by atoms with Crippen molar-refractivity contribution in [3.63, 3.8) is 0 Å². The lowest BCUT2D eigenvalue weighted by Crippen LogP contribution is -2.54. The van der Waals surface area contributed by atoms with E-state index < -0.39 is 5.72 Å². The maximum atomic E-state index is 6.00. The highest BCUT2D eigenvalue weighted by Crippen LogP contribution is 2.52. The molecule has 2 aliphatic rings. The molecule has 0 N–H and O–H groups in total. The van der Waals surface area contributed by atoms with Crippen LogP contribution < -0.4 is 4.90 Å². The Morgan fingerprint density at radius 3 is 2.53 bits per heavy atom. The van der Waals surface area contributed by atoms with E-state index in [1.54, 1.807) is 6.26 Å². The third kappa shape index (κ3) is 1.10. The van der Waals surface area contributed by atoms with Crippen LogP contribution in [0.25, 0.3) is 0 Å². The van der Waals surface area contributed by atoms with E-state index in [1.165, 1.54) is 11.3 Å². The Morgan fingerprint density at radius 1 is 1.12 bits per heavy atom. The number of para-hydroxylation sites is 1. The predicted molar refractivity (Wildman–Crippen MR) is 70.0 cm³/mol. The van der Waals surface area contributed by atoms with Crippen LogP contribution in [0.3, 0.4) is 0 Å². The molecular formula is C15H17NO. The van der Waals surface area contributed by atoms with Gasteiger partial charge in [0.1, 0.15) is 0 Å². The average Bonchev–Trinajstić information content (AvgIpc) is 2.52. The van der Waals surface area contributed by atoms with Gasteiger partial charge in [-0.3, -0.25) is 0 Å². The lowest BCUT2D eigenvalue weighted by atomic mass is 9.77. The van der Waals surface area contributed by atoms with Gasteiger partial charge in [-0.2, -0.15) is 0 Å². The number of anilines is 1. The fourth-order valence-electron chi connectivity index (χ4n) is 3.05. The number of allylic oxidation sites excluding steroid dienone is 2. The van der Waals surface area contributed by atoms with Gasteiger partial charge in [-0.05, 0) is 37.6 Å². The Balaban J connectivity index is 2.23. The number of nitrogens with zero attached hydrogens (tertiary/aromatic N) is 1. The number of likely N-dealkylation sites (N-methyl/N-ethyl adjacent to an activating group) is 1. The van der Waals surface area contributed by atoms with Gasteiger partial charge < -0.3 is 9.64 Å². The van der Waals surface area contributed by atoms with E-state index in [4.69, 9.17) is 4.74 Å². The number of ether oxygens (including phenoxy) is 1. The molecule has 3 rings (SSSR count). The largest absolute Gasteiger partial charge is 0.471 e. The maximum Gasteiger partial charge on any atom is 0.210 e. The van der Waals surface area contributed by atoms with E-state index in [-0.39, 0.29) is 5.41 Å². The summed E-state index contributed by atoms with van der Waals surface area (Å²) in [4.78, 5) is 2.22. The first-order valence-electron chi connectivity index (χ1n) is 5.95. The second-order valence-electron chi connectivity index (χ2n) is 5.20. The first-order chi connectivity index (χ1) is 8.09. The normalized spacial score (nSPS) is 28.3. The minimum atomic E-state index is -0.397. The number of hydrogen-bond donors (Lipinski definition) is 0. The highest BCUT2D eigenvalue weighted by molar-refractivity contribution is 5.67. The number of benzene rings is 1. The molecule has 0 bridgehead atoms. The van der Waals surface area contributed by atoms with E-state index in [0.29, 0.717) is 0 Å². The molecule has 88 valence electrons. The van der Waals surface area contributed by atoms with E-state index in [9.17, 15) is 0 Å². The minimum Gasteiger partial charge on any atom is -0.471 e. The van der Waals surface area contributed by atoms with Crippen LogP contribution in [0, 0.1) is 0 Å². The molecule has 0 amide bonds. The maximum absolute atomic E-state index is 6.00. The summed E-state index contributed by atoms with van der Waals surface area (Å²) in [5.41, 5.74) is 2.12. The fourth-order valence-corrected chi connectivity index (χ4v) is 3.05. The molecule has 2 heteroatoms. The molecule has 0 radical (unpaired) electrons. The van der Waals surface area contributed by atoms with Gasteiger partial charge in [0, 0.05) is 12.7 Å². The third-order valence-electron chi connectivity index (χ3n) is 4.09. The Labute approximate surface area is 102 Å². The molecule has 2 aliphatic heterocycles. The fraction of sp³-hybridized carbons (Fsp3) is 0.333. The molecule has 0 fully saturated rings. The van der Waals surface area contributed by atoms with Crippen molar-refractivity contribution in [2.45, 2.75) is 25.0 Å². The Bertz CT molecular complexity index is 515. The average molecular weight is 227 g/mol. The zero-order chi connectivity index (χ0) is 12.1. The molecule has 1 aromatic carbocycles. The van der Waals surface area contributed by atoms with Crippen molar-refractivity contribution in [3.8, 4) is 0 Å². The molecule has 2 nitrogen and oxygen atoms in total. The van der Waals surface area contributed by atoms with Gasteiger partial charge in [0.05, 0.1) is 11.7 Å². The van der Waals surface area contributed by atoms with Crippen molar-refractivity contribution in [1.82, 2.24) is 0 Å². The standard InChI is InChI=1S/C15H17NO/c1-14(2)12-8-4-5-9-13(12)16(3)15(14)10-6-7-11-17-15/h4-11H,1-3H3. The highest BCUT2D eigenvalue weighted by Gasteiger charge is 2.56. The Kier molecular flexibility index (Phi) is 1.94. The molecule has 1 spiro atoms. The second-order valence-corrected chi connectivity index (χ2v) is 5.20. The summed E-state index contributed by atoms with van der Waals surface area (Å²) >= 11 is 0. The van der Waals surface area contributed by atoms with Gasteiger partial charge in [0.2, 0.25) is 5.72 Å². The summed E-state index contributed by atoms with van der Waals surface area (Å²) in [5.74, 6) is 0. The van der Waals surface area contributed by atoms with Crippen molar-refractivity contribution in [1.29, 1.82) is 0 Å². The first-order valence-corrected chi connectivity index (χ1v) is 5.95. The SMILES string of the molecule is CN1c2ccccc2C(C)(C)C12C=CC=CO2. The van der Waals surface area contributed by atoms with Gasteiger partial charge in [0.15, 0.2) is 0 Å². The molecule has 0 saturated carbocycles. The molecule has 17 heavy (non-hydrogen) atoms. The second kappa shape index (κ2) is 3.16. The van der Waals surface area contributed by atoms with Gasteiger partial charge in [-0.15, -0.1) is 0 Å². The Morgan fingerprint density at radius 2 is 1.88 bits per heavy atom. The first kappa shape index (κ1) is 10.5. The van der Waals surface area contributed by atoms with Gasteiger partial charge in [-0.25, -0.2) is 0 Å². The van der Waals surface area contributed by atoms with E-state index in [0.717, 1.165) is 0 Å². The van der Waals surface area contributed by atoms with Crippen molar-refractivity contribution in [2.75, 3.05) is 11.9 Å². The Hall–Kier alpha value is -1.70. The predicted octanol–water partition coefficient (Wildman–Crippen LogP) is 3.21. The van der Waals surface area contributed by atoms with Crippen LogP contribution in [-0.4, -0.2) is 12.8 Å². The molecule has 1 unspecified atom stereocenters. The summed E-state index contributed by atoms with van der Waals surface area (Å²) in [5, 5.41) is 0. The van der Waals surface area contributed by atoms with E-state index in [1.807, 2.05) is 6.08 Å². The zero-order valence-electron chi connectivity index (χ0n) is 10.5. The summed E-state index contributed by atoms with van der Waals surface area (Å²) in [6.45, 7) is 4.47. The van der Waals surface area contributed by atoms with Crippen LogP contribution in [-0.2, 0) is 10.2 Å². The number of fused-ring (bicyclic) bond motifs is 1. The van der Waals surface area contributed by atoms with Gasteiger partial charge in [0.25, 0.3) is 0 Å². The van der Waals surface area contributed by atoms with Gasteiger partial charge in [-0.1, -0.05) is 24.3 Å². The molecule has 2 heterocycles. The van der Waals surface area contributed by atoms with Crippen LogP contribution in [0.1, 0.15) is 19.4 Å². The smallest absolute Gasteiger partial charge is 0.210 e. The van der Waals surface area contributed by atoms with E-state index >= 15 is 0 Å². The molecular weight excluding hydrogens is 210 g/mol. The minimum absolute atomic E-state index is 0.0698. The monoisotopic (exact) mass is 227 g/mol. The lowest BCUT2D eigenvalue weighted by Gasteiger charge is -2.43. The molecule has 1 atom stereocenters. The lowest BCUT2D eigenvalue weighted by molar-refractivity contribution is 0.0141. The van der Waals surface area contributed by atoms with Crippen molar-refractivity contribution in [3.05, 3.63) is 54.3 Å². The highest BCUT2D eigenvalue weighted by atomic mass is 16.5. The molecule has 1 aromatic rings. The summed E-state index contributed by atoms with van der Waals surface area (Å²) in [7, 11) is 2.09. The van der Waals surface area contributed by atoms with Crippen molar-refractivity contribution >= 4 is 5.69 Å². The quantitative estimate of drug-likeness (QED) is 0.674. The molecule has 0 saturated heterocycles. The molecule has 0 aromatic heterocycles. The summed E-state index contributed by atoms with van der Waals surface area (Å²) in [6, 6.07) is 8.51. The topological polar surface area (TPSA) is 12.5 Å². The van der Waals surface area contributed by atoms with Crippen LogP contribution in [0.5, 0.6) is 0 Å². The third-order valence-corrected chi connectivity index (χ3v) is 4.09. The van der Waals surface area contributed by atoms with Crippen LogP contribution >= 0.6 is 0 Å². The number of rotatable bonds is 0. The van der Waals surface area contributed by atoms with Crippen molar-refractivity contribution < 1.29 is 4.74 Å². The van der Waals surface area contributed by atoms with Crippen LogP contribution in [0.15, 0.2) is 48.8 Å². The zero-order valence-corrected chi connectivity index (χ0v) is 10.5. The summed E-state index contributed by atoms with van der Waals surface area (Å²) < 4.78 is 6.00. The number of hydrogen-bond acceptors (Lipinski definition) is 2. The van der Waals surface area contributed by atoms with Crippen LogP contribution in [0.4, 0.5) is 5.69 Å². The van der Waals surface area contributed by atoms with Crippen LogP contribution in [0.2, 0.25) is 0 Å².